The summed E-state index contributed by atoms with van der Waals surface area (Å²) in [5.74, 6) is -0.292. The zero-order chi connectivity index (χ0) is 26.6. The van der Waals surface area contributed by atoms with E-state index in [1.807, 2.05) is 60.7 Å². The van der Waals surface area contributed by atoms with Crippen molar-refractivity contribution in [1.82, 2.24) is 0 Å². The Morgan fingerprint density at radius 3 is 2.26 bits per heavy atom. The Bertz CT molecular complexity index is 1730. The van der Waals surface area contributed by atoms with Crippen molar-refractivity contribution in [3.63, 3.8) is 0 Å². The smallest absolute Gasteiger partial charge is 0.336 e. The summed E-state index contributed by atoms with van der Waals surface area (Å²) in [6.07, 6.45) is 1.36. The number of carboxylic acids is 1. The van der Waals surface area contributed by atoms with Gasteiger partial charge in [-0.25, -0.2) is 9.79 Å². The van der Waals surface area contributed by atoms with E-state index >= 15 is 0 Å². The van der Waals surface area contributed by atoms with Crippen LogP contribution in [-0.2, 0) is 0 Å². The van der Waals surface area contributed by atoms with Crippen LogP contribution in [0.5, 0.6) is 0 Å². The first kappa shape index (κ1) is 24.0. The molecule has 9 nitrogen and oxygen atoms in total. The van der Waals surface area contributed by atoms with Gasteiger partial charge in [-0.3, -0.25) is 10.1 Å². The molecule has 9 heteroatoms. The van der Waals surface area contributed by atoms with Crippen LogP contribution in [0.4, 0.5) is 11.6 Å². The molecule has 0 bridgehead atoms. The molecule has 0 amide bonds. The molecule has 0 fully saturated rings. The first-order valence-corrected chi connectivity index (χ1v) is 11.3. The third-order valence-electron chi connectivity index (χ3n) is 5.75. The first-order chi connectivity index (χ1) is 18.5. The van der Waals surface area contributed by atoms with Crippen molar-refractivity contribution < 1.29 is 23.7 Å². The molecular formula is C29H17N3O6. The van der Waals surface area contributed by atoms with E-state index in [4.69, 9.17) is 8.83 Å². The Labute approximate surface area is 215 Å². The minimum atomic E-state index is -1.33. The van der Waals surface area contributed by atoms with E-state index in [0.29, 0.717) is 11.3 Å². The van der Waals surface area contributed by atoms with Crippen molar-refractivity contribution >= 4 is 23.8 Å². The molecule has 0 radical (unpaired) electrons. The maximum Gasteiger partial charge on any atom is 0.336 e. The van der Waals surface area contributed by atoms with E-state index in [-0.39, 0.29) is 39.8 Å². The highest BCUT2D eigenvalue weighted by molar-refractivity contribution is 5.96. The average molecular weight is 503 g/mol. The van der Waals surface area contributed by atoms with Crippen molar-refractivity contribution in [2.45, 2.75) is 0 Å². The Kier molecular flexibility index (Phi) is 6.36. The topological polar surface area (TPSA) is 143 Å². The summed E-state index contributed by atoms with van der Waals surface area (Å²) in [4.78, 5) is 26.4. The molecule has 0 atom stereocenters. The lowest BCUT2D eigenvalue weighted by Gasteiger charge is -2.03. The van der Waals surface area contributed by atoms with Crippen LogP contribution in [0.3, 0.4) is 0 Å². The van der Waals surface area contributed by atoms with Gasteiger partial charge in [0, 0.05) is 28.8 Å². The van der Waals surface area contributed by atoms with Gasteiger partial charge >= 0.3 is 5.97 Å². The molecule has 0 aliphatic rings. The fraction of sp³-hybridized carbons (Fsp3) is 0. The van der Waals surface area contributed by atoms with Gasteiger partial charge in [0.1, 0.15) is 28.9 Å². The molecule has 2 aromatic heterocycles. The van der Waals surface area contributed by atoms with Gasteiger partial charge in [-0.2, -0.15) is 5.26 Å². The van der Waals surface area contributed by atoms with Gasteiger partial charge < -0.3 is 13.9 Å². The monoisotopic (exact) mass is 503 g/mol. The van der Waals surface area contributed by atoms with Gasteiger partial charge in [0.2, 0.25) is 5.88 Å². The number of carbonyl (C=O) groups is 1. The van der Waals surface area contributed by atoms with E-state index < -0.39 is 10.9 Å². The molecule has 0 unspecified atom stereocenters. The number of non-ortho nitro benzene ring substituents is 1. The third kappa shape index (κ3) is 4.57. The lowest BCUT2D eigenvalue weighted by atomic mass is 9.98. The van der Waals surface area contributed by atoms with Gasteiger partial charge in [0.15, 0.2) is 0 Å². The number of rotatable bonds is 7. The lowest BCUT2D eigenvalue weighted by Crippen LogP contribution is -2.01. The van der Waals surface area contributed by atoms with Crippen molar-refractivity contribution in [2.24, 2.45) is 4.99 Å². The van der Waals surface area contributed by atoms with E-state index in [1.54, 1.807) is 6.07 Å². The normalized spacial score (nSPS) is 10.9. The summed E-state index contributed by atoms with van der Waals surface area (Å²) < 4.78 is 11.8. The highest BCUT2D eigenvalue weighted by Gasteiger charge is 2.23. The maximum atomic E-state index is 11.7. The number of nitro benzene ring substituents is 1. The van der Waals surface area contributed by atoms with Crippen molar-refractivity contribution in [2.75, 3.05) is 0 Å². The van der Waals surface area contributed by atoms with Gasteiger partial charge in [-0.15, -0.1) is 0 Å². The molecule has 0 saturated carbocycles. The Morgan fingerprint density at radius 2 is 1.63 bits per heavy atom. The molecule has 5 rings (SSSR count). The molecule has 0 aliphatic carbocycles. The summed E-state index contributed by atoms with van der Waals surface area (Å²) in [5.41, 5.74) is 2.01. The molecular weight excluding hydrogens is 486 g/mol. The molecule has 0 spiro atoms. The number of carboxylic acid groups (broad SMARTS) is 1. The summed E-state index contributed by atoms with van der Waals surface area (Å²) in [7, 11) is 0. The summed E-state index contributed by atoms with van der Waals surface area (Å²) in [6.45, 7) is 0. The van der Waals surface area contributed by atoms with Crippen molar-refractivity contribution in [3.05, 3.63) is 118 Å². The maximum absolute atomic E-state index is 11.7. The second kappa shape index (κ2) is 10.1. The quantitative estimate of drug-likeness (QED) is 0.142. The largest absolute Gasteiger partial charge is 0.478 e. The summed E-state index contributed by atoms with van der Waals surface area (Å²) in [5, 5.41) is 30.6. The SMILES string of the molecule is N#Cc1c(N=Cc2ccc(-c3ccc([N+](=O)[O-])cc3C(=O)O)o2)oc(-c2ccccc2)c1-c1ccccc1. The number of benzene rings is 3. The standard InChI is InChI=1S/C29H17N3O6/c30-16-24-26(18-7-3-1-4-8-18)27(19-9-5-2-6-10-19)38-28(24)31-17-21-12-14-25(37-21)22-13-11-20(32(35)36)15-23(22)29(33)34/h1-15,17H,(H,33,34). The van der Waals surface area contributed by atoms with Crippen LogP contribution in [0, 0.1) is 21.4 Å². The number of hydrogen-bond acceptors (Lipinski definition) is 7. The summed E-state index contributed by atoms with van der Waals surface area (Å²) >= 11 is 0. The molecule has 1 N–H and O–H groups in total. The minimum absolute atomic E-state index is 0.0877. The molecule has 38 heavy (non-hydrogen) atoms. The van der Waals surface area contributed by atoms with E-state index in [0.717, 1.165) is 17.2 Å². The number of furan rings is 2. The zero-order valence-electron chi connectivity index (χ0n) is 19.6. The van der Waals surface area contributed by atoms with Crippen LogP contribution < -0.4 is 0 Å². The Hall–Kier alpha value is -5.75. The molecule has 3 aromatic carbocycles. The molecule has 0 aliphatic heterocycles. The Morgan fingerprint density at radius 1 is 0.947 bits per heavy atom. The highest BCUT2D eigenvalue weighted by atomic mass is 16.6. The van der Waals surface area contributed by atoms with Gasteiger partial charge in [-0.1, -0.05) is 60.7 Å². The van der Waals surface area contributed by atoms with Gasteiger partial charge in [0.05, 0.1) is 16.7 Å². The van der Waals surface area contributed by atoms with Gasteiger partial charge in [-0.05, 0) is 23.8 Å². The zero-order valence-corrected chi connectivity index (χ0v) is 19.6. The number of aliphatic imine (C=N–C) groups is 1. The van der Waals surface area contributed by atoms with E-state index in [9.17, 15) is 25.3 Å². The molecule has 2 heterocycles. The highest BCUT2D eigenvalue weighted by Crippen LogP contribution is 2.42. The minimum Gasteiger partial charge on any atom is -0.478 e. The van der Waals surface area contributed by atoms with Gasteiger partial charge in [0.25, 0.3) is 5.69 Å². The molecule has 0 saturated heterocycles. The van der Waals surface area contributed by atoms with Crippen molar-refractivity contribution in [3.8, 4) is 39.8 Å². The van der Waals surface area contributed by atoms with Crippen LogP contribution in [-0.4, -0.2) is 22.2 Å². The van der Waals surface area contributed by atoms with E-state index in [1.165, 1.54) is 24.4 Å². The second-order valence-electron chi connectivity index (χ2n) is 8.08. The van der Waals surface area contributed by atoms with Crippen LogP contribution in [0.2, 0.25) is 0 Å². The Balaban J connectivity index is 1.54. The number of nitro groups is 1. The predicted octanol–water partition coefficient (Wildman–Crippen LogP) is 7.10. The molecule has 5 aromatic rings. The fourth-order valence-electron chi connectivity index (χ4n) is 4.01. The average Bonchev–Trinajstić information content (AvgIpc) is 3.57. The fourth-order valence-corrected chi connectivity index (χ4v) is 4.01. The van der Waals surface area contributed by atoms with Crippen molar-refractivity contribution in [1.29, 1.82) is 5.26 Å². The second-order valence-corrected chi connectivity index (χ2v) is 8.08. The van der Waals surface area contributed by atoms with Crippen LogP contribution in [0.1, 0.15) is 21.7 Å². The summed E-state index contributed by atoms with van der Waals surface area (Å²) in [6, 6.07) is 27.6. The number of nitrogens with zero attached hydrogens (tertiary/aromatic N) is 3. The number of aromatic carboxylic acids is 1. The van der Waals surface area contributed by atoms with Crippen LogP contribution >= 0.6 is 0 Å². The third-order valence-corrected chi connectivity index (χ3v) is 5.75. The van der Waals surface area contributed by atoms with Crippen LogP contribution in [0.15, 0.2) is 105 Å². The lowest BCUT2D eigenvalue weighted by molar-refractivity contribution is -0.384. The molecule has 184 valence electrons. The van der Waals surface area contributed by atoms with Crippen LogP contribution in [0.25, 0.3) is 33.8 Å². The predicted molar refractivity (Wildman–Crippen MR) is 139 cm³/mol. The number of nitriles is 1. The number of hydrogen-bond donors (Lipinski definition) is 1. The van der Waals surface area contributed by atoms with E-state index in [2.05, 4.69) is 11.1 Å². The first-order valence-electron chi connectivity index (χ1n) is 11.3.